The van der Waals surface area contributed by atoms with Crippen molar-refractivity contribution in [1.29, 1.82) is 0 Å². The Balaban J connectivity index is 2.31. The van der Waals surface area contributed by atoms with E-state index in [-0.39, 0.29) is 0 Å². The van der Waals surface area contributed by atoms with Crippen LogP contribution in [-0.2, 0) is 0 Å². The van der Waals surface area contributed by atoms with Crippen molar-refractivity contribution in [2.75, 3.05) is 0 Å². The van der Waals surface area contributed by atoms with Gasteiger partial charge in [-0.25, -0.2) is 0 Å². The van der Waals surface area contributed by atoms with Gasteiger partial charge < -0.3 is 5.73 Å². The molecule has 0 unspecified atom stereocenters. The van der Waals surface area contributed by atoms with Crippen molar-refractivity contribution in [3.63, 3.8) is 0 Å². The summed E-state index contributed by atoms with van der Waals surface area (Å²) in [7, 11) is 0. The van der Waals surface area contributed by atoms with Gasteiger partial charge in [-0.1, -0.05) is 35.9 Å². The zero-order valence-electron chi connectivity index (χ0n) is 11.7. The van der Waals surface area contributed by atoms with Gasteiger partial charge in [-0.05, 0) is 47.0 Å². The number of aromatic nitrogens is 1. The van der Waals surface area contributed by atoms with Crippen LogP contribution in [0.2, 0.25) is 5.02 Å². The number of nitrogens with zero attached hydrogens (tertiary/aromatic N) is 1. The molecule has 0 radical (unpaired) electrons. The quantitative estimate of drug-likeness (QED) is 0.789. The summed E-state index contributed by atoms with van der Waals surface area (Å²) in [6.45, 7) is 0. The van der Waals surface area contributed by atoms with Crippen LogP contribution in [0, 0.1) is 0 Å². The maximum absolute atomic E-state index is 11.8. The molecule has 108 valence electrons. The van der Waals surface area contributed by atoms with Gasteiger partial charge in [-0.15, -0.1) is 0 Å². The van der Waals surface area contributed by atoms with Gasteiger partial charge in [-0.2, -0.15) is 0 Å². The van der Waals surface area contributed by atoms with Crippen LogP contribution in [0.5, 0.6) is 0 Å². The minimum absolute atomic E-state index is 0.462. The third kappa shape index (κ3) is 2.71. The lowest BCUT2D eigenvalue weighted by Gasteiger charge is -2.14. The molecule has 1 amide bonds. The summed E-state index contributed by atoms with van der Waals surface area (Å²) >= 11 is 6.09. The average molecular weight is 309 g/mol. The Bertz CT molecular complexity index is 832. The minimum atomic E-state index is -0.462. The second-order valence-corrected chi connectivity index (χ2v) is 5.28. The van der Waals surface area contributed by atoms with Crippen LogP contribution < -0.4 is 5.73 Å². The molecule has 0 spiro atoms. The molecule has 0 aliphatic carbocycles. The smallest absolute Gasteiger partial charge is 0.249 e. The van der Waals surface area contributed by atoms with E-state index in [2.05, 4.69) is 4.98 Å². The summed E-state index contributed by atoms with van der Waals surface area (Å²) < 4.78 is 0. The maximum atomic E-state index is 11.8. The first-order valence-corrected chi connectivity index (χ1v) is 7.14. The Morgan fingerprint density at radius 1 is 0.955 bits per heavy atom. The van der Waals surface area contributed by atoms with Crippen molar-refractivity contribution in [1.82, 2.24) is 4.98 Å². The number of rotatable bonds is 3. The van der Waals surface area contributed by atoms with Crippen LogP contribution in [0.15, 0.2) is 67.0 Å². The van der Waals surface area contributed by atoms with Gasteiger partial charge in [0, 0.05) is 28.5 Å². The number of primary amides is 1. The third-order valence-electron chi connectivity index (χ3n) is 3.43. The van der Waals surface area contributed by atoms with Crippen LogP contribution in [0.25, 0.3) is 22.3 Å². The summed E-state index contributed by atoms with van der Waals surface area (Å²) in [5.74, 6) is -0.462. The molecule has 0 fully saturated rings. The van der Waals surface area contributed by atoms with Gasteiger partial charge in [0.25, 0.3) is 0 Å². The van der Waals surface area contributed by atoms with E-state index in [1.54, 1.807) is 18.5 Å². The Morgan fingerprint density at radius 3 is 2.36 bits per heavy atom. The molecule has 22 heavy (non-hydrogen) atoms. The second-order valence-electron chi connectivity index (χ2n) is 4.84. The third-order valence-corrected chi connectivity index (χ3v) is 3.67. The van der Waals surface area contributed by atoms with Crippen LogP contribution in [0.3, 0.4) is 0 Å². The van der Waals surface area contributed by atoms with E-state index >= 15 is 0 Å². The van der Waals surface area contributed by atoms with E-state index in [1.807, 2.05) is 48.5 Å². The lowest BCUT2D eigenvalue weighted by Crippen LogP contribution is -2.12. The van der Waals surface area contributed by atoms with Crippen molar-refractivity contribution in [2.24, 2.45) is 5.73 Å². The highest BCUT2D eigenvalue weighted by molar-refractivity contribution is 6.30. The Kier molecular flexibility index (Phi) is 3.90. The molecular weight excluding hydrogens is 296 g/mol. The fraction of sp³-hybridized carbons (Fsp3) is 0. The van der Waals surface area contributed by atoms with Crippen molar-refractivity contribution < 1.29 is 4.79 Å². The van der Waals surface area contributed by atoms with E-state index in [0.29, 0.717) is 10.6 Å². The van der Waals surface area contributed by atoms with Crippen LogP contribution in [-0.4, -0.2) is 10.9 Å². The predicted molar refractivity (Wildman–Crippen MR) is 88.6 cm³/mol. The lowest BCUT2D eigenvalue weighted by molar-refractivity contribution is 0.100. The van der Waals surface area contributed by atoms with Crippen molar-refractivity contribution in [3.8, 4) is 22.3 Å². The summed E-state index contributed by atoms with van der Waals surface area (Å²) in [5.41, 5.74) is 9.54. The molecule has 0 saturated heterocycles. The van der Waals surface area contributed by atoms with Gasteiger partial charge in [0.2, 0.25) is 5.91 Å². The topological polar surface area (TPSA) is 56.0 Å². The Labute approximate surface area is 133 Å². The monoisotopic (exact) mass is 308 g/mol. The lowest BCUT2D eigenvalue weighted by atomic mass is 9.90. The first kappa shape index (κ1) is 14.3. The molecule has 0 aliphatic heterocycles. The van der Waals surface area contributed by atoms with Gasteiger partial charge in [-0.3, -0.25) is 9.78 Å². The molecule has 1 aromatic heterocycles. The fourth-order valence-electron chi connectivity index (χ4n) is 2.48. The van der Waals surface area contributed by atoms with E-state index < -0.39 is 5.91 Å². The van der Waals surface area contributed by atoms with Gasteiger partial charge >= 0.3 is 0 Å². The highest BCUT2D eigenvalue weighted by Gasteiger charge is 2.15. The Morgan fingerprint density at radius 2 is 1.68 bits per heavy atom. The van der Waals surface area contributed by atoms with Crippen molar-refractivity contribution in [3.05, 3.63) is 77.6 Å². The summed E-state index contributed by atoms with van der Waals surface area (Å²) in [5, 5.41) is 0.641. The average Bonchev–Trinajstić information content (AvgIpc) is 2.55. The molecule has 3 rings (SSSR count). The number of carbonyl (C=O) groups is 1. The van der Waals surface area contributed by atoms with Gasteiger partial charge in [0.05, 0.1) is 0 Å². The highest BCUT2D eigenvalue weighted by Crippen LogP contribution is 2.35. The van der Waals surface area contributed by atoms with Crippen molar-refractivity contribution >= 4 is 17.5 Å². The maximum Gasteiger partial charge on any atom is 0.249 e. The van der Waals surface area contributed by atoms with Crippen molar-refractivity contribution in [2.45, 2.75) is 0 Å². The number of benzene rings is 2. The fourth-order valence-corrected chi connectivity index (χ4v) is 2.67. The SMILES string of the molecule is NC(=O)c1cccc(-c2cccc(Cl)c2)c1-c1ccncc1. The number of carbonyl (C=O) groups excluding carboxylic acids is 1. The number of pyridine rings is 1. The molecule has 2 N–H and O–H groups in total. The standard InChI is InChI=1S/C18H13ClN2O/c19-14-4-1-3-13(11-14)15-5-2-6-16(18(20)22)17(15)12-7-9-21-10-8-12/h1-11H,(H2,20,22). The minimum Gasteiger partial charge on any atom is -0.366 e. The zero-order valence-corrected chi connectivity index (χ0v) is 12.4. The molecule has 3 aromatic rings. The normalized spacial score (nSPS) is 10.4. The molecule has 0 atom stereocenters. The molecule has 1 heterocycles. The molecule has 3 nitrogen and oxygen atoms in total. The van der Waals surface area contributed by atoms with Crippen LogP contribution in [0.4, 0.5) is 0 Å². The number of amides is 1. The zero-order chi connectivity index (χ0) is 15.5. The van der Waals surface area contributed by atoms with Gasteiger partial charge in [0.1, 0.15) is 0 Å². The van der Waals surface area contributed by atoms with E-state index in [0.717, 1.165) is 22.3 Å². The highest BCUT2D eigenvalue weighted by atomic mass is 35.5. The number of nitrogens with two attached hydrogens (primary N) is 1. The molecule has 4 heteroatoms. The van der Waals surface area contributed by atoms with Crippen LogP contribution >= 0.6 is 11.6 Å². The van der Waals surface area contributed by atoms with E-state index in [4.69, 9.17) is 17.3 Å². The second kappa shape index (κ2) is 6.00. The van der Waals surface area contributed by atoms with Gasteiger partial charge in [0.15, 0.2) is 0 Å². The molecule has 0 saturated carbocycles. The summed E-state index contributed by atoms with van der Waals surface area (Å²) in [4.78, 5) is 15.9. The summed E-state index contributed by atoms with van der Waals surface area (Å²) in [6, 6.07) is 16.7. The number of hydrogen-bond donors (Lipinski definition) is 1. The molecule has 0 aliphatic rings. The van der Waals surface area contributed by atoms with Crippen LogP contribution in [0.1, 0.15) is 10.4 Å². The van der Waals surface area contributed by atoms with E-state index in [9.17, 15) is 4.79 Å². The first-order chi connectivity index (χ1) is 10.7. The number of hydrogen-bond acceptors (Lipinski definition) is 2. The molecule has 2 aromatic carbocycles. The molecular formula is C18H13ClN2O. The largest absolute Gasteiger partial charge is 0.366 e. The van der Waals surface area contributed by atoms with E-state index in [1.165, 1.54) is 0 Å². The Hall–Kier alpha value is -2.65. The number of halogens is 1. The summed E-state index contributed by atoms with van der Waals surface area (Å²) in [6.07, 6.45) is 3.38. The predicted octanol–water partition coefficient (Wildman–Crippen LogP) is 4.17. The first-order valence-electron chi connectivity index (χ1n) is 6.76. The molecule has 0 bridgehead atoms.